The number of nitrogens with zero attached hydrogens (tertiary/aromatic N) is 2. The predicted octanol–water partition coefficient (Wildman–Crippen LogP) is 4.65. The van der Waals surface area contributed by atoms with Gasteiger partial charge >= 0.3 is 0 Å². The third-order valence-electron chi connectivity index (χ3n) is 4.63. The number of sulfonamides is 1. The Balaban J connectivity index is 1.44. The minimum Gasteiger partial charge on any atom is -0.340 e. The molecule has 0 atom stereocenters. The number of carbonyl (C=O) groups is 1. The van der Waals surface area contributed by atoms with Gasteiger partial charge in [0, 0.05) is 35.6 Å². The minimum atomic E-state index is -3.77. The molecule has 3 N–H and O–H groups in total. The van der Waals surface area contributed by atoms with Crippen LogP contribution in [-0.2, 0) is 14.8 Å². The van der Waals surface area contributed by atoms with E-state index >= 15 is 0 Å². The summed E-state index contributed by atoms with van der Waals surface area (Å²) in [7, 11) is -3.77. The first-order valence-electron chi connectivity index (χ1n) is 10.0. The molecule has 0 aliphatic carbocycles. The van der Waals surface area contributed by atoms with Crippen LogP contribution in [0.5, 0.6) is 0 Å². The average molecular weight is 460 g/mol. The summed E-state index contributed by atoms with van der Waals surface area (Å²) in [5.74, 6) is 0.395. The molecule has 1 amide bonds. The highest BCUT2D eigenvalue weighted by Gasteiger charge is 2.14. The van der Waals surface area contributed by atoms with E-state index in [0.29, 0.717) is 17.2 Å². The van der Waals surface area contributed by atoms with Crippen LogP contribution >= 0.6 is 0 Å². The van der Waals surface area contributed by atoms with E-state index in [1.807, 2.05) is 36.4 Å². The highest BCUT2D eigenvalue weighted by atomic mass is 32.2. The molecule has 3 aromatic carbocycles. The maximum Gasteiger partial charge on any atom is 0.261 e. The van der Waals surface area contributed by atoms with Gasteiger partial charge in [-0.25, -0.2) is 18.4 Å². The molecule has 0 aliphatic rings. The average Bonchev–Trinajstić information content (AvgIpc) is 2.81. The number of benzene rings is 3. The van der Waals surface area contributed by atoms with Crippen LogP contribution in [-0.4, -0.2) is 24.3 Å². The number of rotatable bonds is 7. The number of aromatic nitrogens is 2. The molecular formula is C24H21N5O3S. The fourth-order valence-corrected chi connectivity index (χ4v) is 4.16. The summed E-state index contributed by atoms with van der Waals surface area (Å²) in [5, 5.41) is 5.80. The van der Waals surface area contributed by atoms with Crippen LogP contribution in [0, 0.1) is 0 Å². The highest BCUT2D eigenvalue weighted by Crippen LogP contribution is 2.23. The summed E-state index contributed by atoms with van der Waals surface area (Å²) >= 11 is 0. The molecule has 0 radical (unpaired) electrons. The van der Waals surface area contributed by atoms with Crippen molar-refractivity contribution >= 4 is 38.8 Å². The summed E-state index contributed by atoms with van der Waals surface area (Å²) in [6.07, 6.45) is 1.49. The first-order chi connectivity index (χ1) is 15.9. The van der Waals surface area contributed by atoms with Gasteiger partial charge in [-0.1, -0.05) is 30.3 Å². The molecule has 0 unspecified atom stereocenters. The fraction of sp³-hybridized carbons (Fsp3) is 0.0417. The van der Waals surface area contributed by atoms with Crippen LogP contribution in [0.25, 0.3) is 11.3 Å². The zero-order chi connectivity index (χ0) is 23.3. The first kappa shape index (κ1) is 22.0. The fourth-order valence-electron chi connectivity index (χ4n) is 3.10. The van der Waals surface area contributed by atoms with Crippen molar-refractivity contribution in [1.82, 2.24) is 9.97 Å². The maximum absolute atomic E-state index is 12.7. The van der Waals surface area contributed by atoms with E-state index < -0.39 is 10.0 Å². The van der Waals surface area contributed by atoms with Crippen LogP contribution in [0.3, 0.4) is 0 Å². The molecule has 0 aliphatic heterocycles. The molecule has 0 spiro atoms. The Morgan fingerprint density at radius 1 is 0.788 bits per heavy atom. The molecule has 1 aromatic heterocycles. The minimum absolute atomic E-state index is 0.0910. The Labute approximate surface area is 191 Å². The Morgan fingerprint density at radius 3 is 2.09 bits per heavy atom. The first-order valence-corrected chi connectivity index (χ1v) is 11.5. The zero-order valence-electron chi connectivity index (χ0n) is 17.7. The molecule has 33 heavy (non-hydrogen) atoms. The van der Waals surface area contributed by atoms with Crippen LogP contribution in [0.1, 0.15) is 6.92 Å². The third kappa shape index (κ3) is 5.72. The number of anilines is 4. The molecule has 0 saturated heterocycles. The Kier molecular flexibility index (Phi) is 6.32. The quantitative estimate of drug-likeness (QED) is 0.371. The second-order valence-corrected chi connectivity index (χ2v) is 8.85. The molecule has 0 saturated carbocycles. The molecule has 0 bridgehead atoms. The lowest BCUT2D eigenvalue weighted by Crippen LogP contribution is -2.13. The maximum atomic E-state index is 12.7. The van der Waals surface area contributed by atoms with E-state index in [2.05, 4.69) is 25.3 Å². The number of nitrogens with one attached hydrogen (secondary N) is 3. The van der Waals surface area contributed by atoms with Gasteiger partial charge in [-0.05, 0) is 48.5 Å². The van der Waals surface area contributed by atoms with Crippen molar-refractivity contribution < 1.29 is 13.2 Å². The summed E-state index contributed by atoms with van der Waals surface area (Å²) in [5.41, 5.74) is 3.46. The summed E-state index contributed by atoms with van der Waals surface area (Å²) in [4.78, 5) is 19.7. The van der Waals surface area contributed by atoms with Gasteiger partial charge in [-0.2, -0.15) is 0 Å². The molecule has 0 fully saturated rings. The van der Waals surface area contributed by atoms with Crippen molar-refractivity contribution in [2.24, 2.45) is 0 Å². The molecule has 166 valence electrons. The van der Waals surface area contributed by atoms with Gasteiger partial charge in [0.15, 0.2) is 0 Å². The number of hydrogen-bond donors (Lipinski definition) is 3. The van der Waals surface area contributed by atoms with Gasteiger partial charge in [0.05, 0.1) is 10.6 Å². The summed E-state index contributed by atoms with van der Waals surface area (Å²) in [6, 6.07) is 24.4. The molecule has 8 nitrogen and oxygen atoms in total. The van der Waals surface area contributed by atoms with Crippen molar-refractivity contribution in [1.29, 1.82) is 0 Å². The third-order valence-corrected chi connectivity index (χ3v) is 6.03. The largest absolute Gasteiger partial charge is 0.340 e. The monoisotopic (exact) mass is 459 g/mol. The lowest BCUT2D eigenvalue weighted by atomic mass is 10.1. The van der Waals surface area contributed by atoms with Crippen molar-refractivity contribution in [2.45, 2.75) is 11.8 Å². The smallest absolute Gasteiger partial charge is 0.261 e. The molecule has 4 rings (SSSR count). The van der Waals surface area contributed by atoms with Crippen molar-refractivity contribution in [3.8, 4) is 11.3 Å². The number of amides is 1. The van der Waals surface area contributed by atoms with Gasteiger partial charge < -0.3 is 10.6 Å². The lowest BCUT2D eigenvalue weighted by Gasteiger charge is -2.11. The van der Waals surface area contributed by atoms with Crippen molar-refractivity contribution in [2.75, 3.05) is 15.4 Å². The second-order valence-electron chi connectivity index (χ2n) is 7.17. The molecule has 9 heteroatoms. The van der Waals surface area contributed by atoms with Gasteiger partial charge in [-0.3, -0.25) is 9.52 Å². The zero-order valence-corrected chi connectivity index (χ0v) is 18.5. The standard InChI is InChI=1S/C24H21N5O3S/c1-17(30)27-19-11-13-22(14-12-19)33(31,32)29-21-9-7-20(8-10-21)28-24-15-23(25-16-26-24)18-5-3-2-4-6-18/h2-16,29H,1H3,(H,27,30)(H,25,26,28). The Bertz CT molecular complexity index is 1360. The number of hydrogen-bond acceptors (Lipinski definition) is 6. The van der Waals surface area contributed by atoms with Crippen LogP contribution < -0.4 is 15.4 Å². The predicted molar refractivity (Wildman–Crippen MR) is 129 cm³/mol. The topological polar surface area (TPSA) is 113 Å². The highest BCUT2D eigenvalue weighted by molar-refractivity contribution is 7.92. The SMILES string of the molecule is CC(=O)Nc1ccc(S(=O)(=O)Nc2ccc(Nc3cc(-c4ccccc4)ncn3)cc2)cc1. The van der Waals surface area contributed by atoms with Gasteiger partial charge in [-0.15, -0.1) is 0 Å². The van der Waals surface area contributed by atoms with E-state index in [1.54, 1.807) is 24.3 Å². The Hall–Kier alpha value is -4.24. The van der Waals surface area contributed by atoms with Gasteiger partial charge in [0.2, 0.25) is 5.91 Å². The second kappa shape index (κ2) is 9.49. The van der Waals surface area contributed by atoms with Gasteiger partial charge in [0.1, 0.15) is 12.1 Å². The van der Waals surface area contributed by atoms with E-state index in [0.717, 1.165) is 16.9 Å². The van der Waals surface area contributed by atoms with E-state index in [1.165, 1.54) is 37.5 Å². The molecule has 4 aromatic rings. The van der Waals surface area contributed by atoms with Crippen LogP contribution in [0.15, 0.2) is 96.2 Å². The van der Waals surface area contributed by atoms with E-state index in [9.17, 15) is 13.2 Å². The number of carbonyl (C=O) groups excluding carboxylic acids is 1. The van der Waals surface area contributed by atoms with Crippen molar-refractivity contribution in [3.05, 3.63) is 91.3 Å². The lowest BCUT2D eigenvalue weighted by molar-refractivity contribution is -0.114. The normalized spacial score (nSPS) is 10.9. The molecular weight excluding hydrogens is 438 g/mol. The van der Waals surface area contributed by atoms with Crippen LogP contribution in [0.4, 0.5) is 22.9 Å². The molecule has 1 heterocycles. The van der Waals surface area contributed by atoms with E-state index in [-0.39, 0.29) is 10.8 Å². The van der Waals surface area contributed by atoms with E-state index in [4.69, 9.17) is 0 Å². The Morgan fingerprint density at radius 2 is 1.42 bits per heavy atom. The van der Waals surface area contributed by atoms with Crippen LogP contribution in [0.2, 0.25) is 0 Å². The summed E-state index contributed by atoms with van der Waals surface area (Å²) in [6.45, 7) is 1.39. The summed E-state index contributed by atoms with van der Waals surface area (Å²) < 4.78 is 27.9. The van der Waals surface area contributed by atoms with Crippen molar-refractivity contribution in [3.63, 3.8) is 0 Å². The van der Waals surface area contributed by atoms with Gasteiger partial charge in [0.25, 0.3) is 10.0 Å².